The van der Waals surface area contributed by atoms with E-state index in [4.69, 9.17) is 9.47 Å². The molecule has 25 heavy (non-hydrogen) atoms. The first kappa shape index (κ1) is 16.2. The van der Waals surface area contributed by atoms with Crippen molar-refractivity contribution in [2.75, 3.05) is 18.4 Å². The van der Waals surface area contributed by atoms with Crippen LogP contribution in [0.5, 0.6) is 11.5 Å². The molecule has 2 aliphatic heterocycles. The van der Waals surface area contributed by atoms with Crippen LogP contribution in [-0.4, -0.2) is 35.6 Å². The highest BCUT2D eigenvalue weighted by molar-refractivity contribution is 5.94. The number of carbonyl (C=O) groups is 2. The van der Waals surface area contributed by atoms with Gasteiger partial charge in [0.15, 0.2) is 11.5 Å². The Balaban J connectivity index is 1.38. The van der Waals surface area contributed by atoms with Crippen molar-refractivity contribution < 1.29 is 19.1 Å². The maximum absolute atomic E-state index is 12.3. The molecule has 1 aromatic carbocycles. The number of amides is 2. The molecule has 1 N–H and O–H groups in total. The van der Waals surface area contributed by atoms with Crippen LogP contribution in [0.2, 0.25) is 0 Å². The van der Waals surface area contributed by atoms with Crippen molar-refractivity contribution in [1.29, 1.82) is 0 Å². The molecule has 6 nitrogen and oxygen atoms in total. The van der Waals surface area contributed by atoms with Crippen molar-refractivity contribution in [1.82, 2.24) is 4.90 Å². The van der Waals surface area contributed by atoms with E-state index in [9.17, 15) is 9.59 Å². The lowest BCUT2D eigenvalue weighted by atomic mass is 10.2. The van der Waals surface area contributed by atoms with E-state index in [1.165, 1.54) is 0 Å². The molecule has 4 rings (SSSR count). The molecule has 2 heterocycles. The number of ether oxygens (including phenoxy) is 2. The molecule has 1 aliphatic carbocycles. The number of fused-ring (bicyclic) bond motifs is 1. The number of hydrogen-bond donors (Lipinski definition) is 1. The van der Waals surface area contributed by atoms with Crippen molar-refractivity contribution in [2.45, 2.75) is 57.2 Å². The zero-order valence-electron chi connectivity index (χ0n) is 14.4. The van der Waals surface area contributed by atoms with Crippen LogP contribution in [0.4, 0.5) is 5.69 Å². The van der Waals surface area contributed by atoms with Crippen molar-refractivity contribution in [3.8, 4) is 11.5 Å². The molecule has 1 spiro atoms. The molecular weight excluding hydrogens is 320 g/mol. The van der Waals surface area contributed by atoms with E-state index in [1.807, 2.05) is 18.2 Å². The summed E-state index contributed by atoms with van der Waals surface area (Å²) in [5.74, 6) is 0.822. The SMILES string of the molecule is O=C(CN1CCCCCC1=O)Nc1ccc2c(c1)OC1(CCCC1)O2. The Labute approximate surface area is 147 Å². The molecule has 2 fully saturated rings. The van der Waals surface area contributed by atoms with Gasteiger partial charge in [-0.1, -0.05) is 6.42 Å². The first-order chi connectivity index (χ1) is 12.1. The molecule has 134 valence electrons. The standard InChI is InChI=1S/C19H24N2O4/c22-17(13-21-11-5-1-2-6-18(21)23)20-14-7-8-15-16(12-14)25-19(24-15)9-3-4-10-19/h7-8,12H,1-6,9-11,13H2,(H,20,22). The first-order valence-electron chi connectivity index (χ1n) is 9.23. The molecule has 0 atom stereocenters. The second kappa shape index (κ2) is 6.58. The Morgan fingerprint density at radius 1 is 1.08 bits per heavy atom. The summed E-state index contributed by atoms with van der Waals surface area (Å²) < 4.78 is 12.0. The number of nitrogens with zero attached hydrogens (tertiary/aromatic N) is 1. The third-order valence-corrected chi connectivity index (χ3v) is 5.19. The van der Waals surface area contributed by atoms with Gasteiger partial charge >= 0.3 is 0 Å². The molecule has 1 saturated heterocycles. The van der Waals surface area contributed by atoms with Gasteiger partial charge in [0.2, 0.25) is 11.8 Å². The van der Waals surface area contributed by atoms with Gasteiger partial charge in [0, 0.05) is 37.6 Å². The van der Waals surface area contributed by atoms with E-state index < -0.39 is 5.79 Å². The predicted molar refractivity (Wildman–Crippen MR) is 92.6 cm³/mol. The number of nitrogens with one attached hydrogen (secondary N) is 1. The number of likely N-dealkylation sites (tertiary alicyclic amines) is 1. The van der Waals surface area contributed by atoms with Gasteiger partial charge in [-0.3, -0.25) is 9.59 Å². The lowest BCUT2D eigenvalue weighted by Gasteiger charge is -2.21. The summed E-state index contributed by atoms with van der Waals surface area (Å²) in [4.78, 5) is 26.0. The van der Waals surface area contributed by atoms with Crippen molar-refractivity contribution in [3.05, 3.63) is 18.2 Å². The zero-order chi connectivity index (χ0) is 17.3. The maximum atomic E-state index is 12.3. The van der Waals surface area contributed by atoms with Crippen LogP contribution in [-0.2, 0) is 9.59 Å². The van der Waals surface area contributed by atoms with Crippen molar-refractivity contribution >= 4 is 17.5 Å². The summed E-state index contributed by atoms with van der Waals surface area (Å²) in [7, 11) is 0. The minimum absolute atomic E-state index is 0.0708. The fourth-order valence-electron chi connectivity index (χ4n) is 3.87. The molecule has 1 aromatic rings. The molecule has 6 heteroatoms. The molecule has 3 aliphatic rings. The highest BCUT2D eigenvalue weighted by atomic mass is 16.7. The summed E-state index contributed by atoms with van der Waals surface area (Å²) in [5, 5.41) is 2.87. The summed E-state index contributed by atoms with van der Waals surface area (Å²) in [5.41, 5.74) is 0.671. The minimum atomic E-state index is -0.497. The summed E-state index contributed by atoms with van der Waals surface area (Å²) in [6.07, 6.45) is 7.50. The highest BCUT2D eigenvalue weighted by Crippen LogP contribution is 2.47. The van der Waals surface area contributed by atoms with E-state index in [2.05, 4.69) is 5.32 Å². The molecule has 0 radical (unpaired) electrons. The lowest BCUT2D eigenvalue weighted by Crippen LogP contribution is -2.37. The number of carbonyl (C=O) groups excluding carboxylic acids is 2. The monoisotopic (exact) mass is 344 g/mol. The smallest absolute Gasteiger partial charge is 0.251 e. The molecule has 2 amide bonds. The normalized spacial score (nSPS) is 21.4. The van der Waals surface area contributed by atoms with Crippen LogP contribution in [0.3, 0.4) is 0 Å². The number of rotatable bonds is 3. The largest absolute Gasteiger partial charge is 0.448 e. The van der Waals surface area contributed by atoms with Gasteiger partial charge in [-0.2, -0.15) is 0 Å². The Bertz CT molecular complexity index is 682. The maximum Gasteiger partial charge on any atom is 0.251 e. The lowest BCUT2D eigenvalue weighted by molar-refractivity contribution is -0.134. The summed E-state index contributed by atoms with van der Waals surface area (Å²) in [6, 6.07) is 5.47. The minimum Gasteiger partial charge on any atom is -0.448 e. The summed E-state index contributed by atoms with van der Waals surface area (Å²) in [6.45, 7) is 0.771. The van der Waals surface area contributed by atoms with Crippen molar-refractivity contribution in [2.24, 2.45) is 0 Å². The van der Waals surface area contributed by atoms with E-state index >= 15 is 0 Å². The fraction of sp³-hybridized carbons (Fsp3) is 0.579. The number of benzene rings is 1. The van der Waals surface area contributed by atoms with Crippen LogP contribution in [0, 0.1) is 0 Å². The molecule has 0 aromatic heterocycles. The second-order valence-electron chi connectivity index (χ2n) is 7.16. The van der Waals surface area contributed by atoms with Crippen LogP contribution in [0.1, 0.15) is 51.4 Å². The van der Waals surface area contributed by atoms with E-state index in [1.54, 1.807) is 4.90 Å². The Morgan fingerprint density at radius 3 is 2.72 bits per heavy atom. The topological polar surface area (TPSA) is 67.9 Å². The summed E-state index contributed by atoms with van der Waals surface area (Å²) >= 11 is 0. The Hall–Kier alpha value is -2.24. The first-order valence-corrected chi connectivity index (χ1v) is 9.23. The van der Waals surface area contributed by atoms with Gasteiger partial charge in [-0.25, -0.2) is 0 Å². The van der Waals surface area contributed by atoms with Gasteiger partial charge in [-0.05, 0) is 37.8 Å². The van der Waals surface area contributed by atoms with Gasteiger partial charge in [0.1, 0.15) is 0 Å². The average molecular weight is 344 g/mol. The van der Waals surface area contributed by atoms with Crippen LogP contribution in [0.15, 0.2) is 18.2 Å². The van der Waals surface area contributed by atoms with E-state index in [-0.39, 0.29) is 18.4 Å². The van der Waals surface area contributed by atoms with Crippen LogP contribution < -0.4 is 14.8 Å². The molecular formula is C19H24N2O4. The predicted octanol–water partition coefficient (Wildman–Crippen LogP) is 3.07. The van der Waals surface area contributed by atoms with Crippen LogP contribution >= 0.6 is 0 Å². The van der Waals surface area contributed by atoms with Gasteiger partial charge < -0.3 is 19.7 Å². The highest BCUT2D eigenvalue weighted by Gasteiger charge is 2.44. The number of anilines is 1. The van der Waals surface area contributed by atoms with Gasteiger partial charge in [0.05, 0.1) is 6.54 Å². The molecule has 0 unspecified atom stereocenters. The Morgan fingerprint density at radius 2 is 1.88 bits per heavy atom. The van der Waals surface area contributed by atoms with Gasteiger partial charge in [0.25, 0.3) is 5.79 Å². The molecule has 0 bridgehead atoms. The van der Waals surface area contributed by atoms with E-state index in [0.717, 1.165) is 50.7 Å². The third-order valence-electron chi connectivity index (χ3n) is 5.19. The second-order valence-corrected chi connectivity index (χ2v) is 7.16. The third kappa shape index (κ3) is 3.43. The average Bonchev–Trinajstić information content (AvgIpc) is 3.13. The van der Waals surface area contributed by atoms with Crippen LogP contribution in [0.25, 0.3) is 0 Å². The fourth-order valence-corrected chi connectivity index (χ4v) is 3.87. The Kier molecular flexibility index (Phi) is 4.27. The quantitative estimate of drug-likeness (QED) is 0.915. The zero-order valence-corrected chi connectivity index (χ0v) is 14.4. The molecule has 1 saturated carbocycles. The van der Waals surface area contributed by atoms with Gasteiger partial charge in [-0.15, -0.1) is 0 Å². The number of hydrogen-bond acceptors (Lipinski definition) is 4. The van der Waals surface area contributed by atoms with Crippen molar-refractivity contribution in [3.63, 3.8) is 0 Å². The van der Waals surface area contributed by atoms with E-state index in [0.29, 0.717) is 24.4 Å².